The van der Waals surface area contributed by atoms with E-state index in [1.807, 2.05) is 0 Å². The SMILES string of the molecule is CCCCCCCCCCCCCCCCC[C@@H](O)[C@H](COP(=O)(O)OCCN)NC(=O)CCCCCCCCC. The Morgan fingerprint density at radius 1 is 0.707 bits per heavy atom. The summed E-state index contributed by atoms with van der Waals surface area (Å²) in [4.78, 5) is 22.4. The van der Waals surface area contributed by atoms with E-state index in [1.54, 1.807) is 0 Å². The molecule has 0 aliphatic carbocycles. The first kappa shape index (κ1) is 40.5. The molecule has 8 nitrogen and oxygen atoms in total. The lowest BCUT2D eigenvalue weighted by Gasteiger charge is -2.25. The first-order valence-corrected chi connectivity index (χ1v) is 18.6. The molecule has 0 saturated heterocycles. The highest BCUT2D eigenvalue weighted by atomic mass is 31.2. The van der Waals surface area contributed by atoms with Crippen LogP contribution in [0.15, 0.2) is 0 Å². The minimum Gasteiger partial charge on any atom is -0.391 e. The van der Waals surface area contributed by atoms with Gasteiger partial charge in [-0.25, -0.2) is 4.57 Å². The minimum atomic E-state index is -4.29. The average molecular weight is 607 g/mol. The van der Waals surface area contributed by atoms with Gasteiger partial charge in [0.2, 0.25) is 5.91 Å². The van der Waals surface area contributed by atoms with E-state index in [0.717, 1.165) is 38.5 Å². The van der Waals surface area contributed by atoms with Gasteiger partial charge in [0, 0.05) is 13.0 Å². The van der Waals surface area contributed by atoms with Gasteiger partial charge < -0.3 is 21.1 Å². The van der Waals surface area contributed by atoms with Gasteiger partial charge in [-0.1, -0.05) is 149 Å². The monoisotopic (exact) mass is 606 g/mol. The number of hydrogen-bond acceptors (Lipinski definition) is 6. The van der Waals surface area contributed by atoms with Gasteiger partial charge in [0.15, 0.2) is 0 Å². The van der Waals surface area contributed by atoms with Gasteiger partial charge in [-0.2, -0.15) is 0 Å². The average Bonchev–Trinajstić information content (AvgIpc) is 2.95. The summed E-state index contributed by atoms with van der Waals surface area (Å²) in [7, 11) is -4.29. The smallest absolute Gasteiger partial charge is 0.391 e. The van der Waals surface area contributed by atoms with E-state index in [2.05, 4.69) is 19.2 Å². The Hall–Kier alpha value is -0.500. The summed E-state index contributed by atoms with van der Waals surface area (Å²) in [6.45, 7) is 4.15. The van der Waals surface area contributed by atoms with Crippen molar-refractivity contribution >= 4 is 13.7 Å². The number of rotatable bonds is 32. The number of unbranched alkanes of at least 4 members (excludes halogenated alkanes) is 20. The molecule has 3 atom stereocenters. The topological polar surface area (TPSA) is 131 Å². The van der Waals surface area contributed by atoms with Crippen molar-refractivity contribution in [2.75, 3.05) is 19.8 Å². The van der Waals surface area contributed by atoms with Crippen LogP contribution in [0.2, 0.25) is 0 Å². The van der Waals surface area contributed by atoms with Crippen molar-refractivity contribution in [3.05, 3.63) is 0 Å². The molecule has 246 valence electrons. The van der Waals surface area contributed by atoms with Crippen LogP contribution in [-0.4, -0.2) is 47.8 Å². The lowest BCUT2D eigenvalue weighted by molar-refractivity contribution is -0.123. The summed E-state index contributed by atoms with van der Waals surface area (Å²) in [6.07, 6.45) is 26.9. The second-order valence-electron chi connectivity index (χ2n) is 11.7. The summed E-state index contributed by atoms with van der Waals surface area (Å²) in [6, 6.07) is -0.763. The van der Waals surface area contributed by atoms with E-state index in [1.165, 1.54) is 103 Å². The van der Waals surface area contributed by atoms with Gasteiger partial charge in [-0.05, 0) is 12.8 Å². The molecule has 0 rings (SSSR count). The van der Waals surface area contributed by atoms with Gasteiger partial charge >= 0.3 is 7.82 Å². The predicted molar refractivity (Wildman–Crippen MR) is 171 cm³/mol. The molecule has 0 heterocycles. The number of nitrogens with one attached hydrogen (secondary N) is 1. The summed E-state index contributed by atoms with van der Waals surface area (Å²) >= 11 is 0. The van der Waals surface area contributed by atoms with Crippen LogP contribution < -0.4 is 11.1 Å². The number of phosphoric ester groups is 1. The molecule has 41 heavy (non-hydrogen) atoms. The van der Waals surface area contributed by atoms with Crippen molar-refractivity contribution in [1.82, 2.24) is 5.32 Å². The molecule has 0 fully saturated rings. The lowest BCUT2D eigenvalue weighted by Crippen LogP contribution is -2.46. The number of aliphatic hydroxyl groups is 1. The molecule has 0 aliphatic rings. The van der Waals surface area contributed by atoms with Crippen molar-refractivity contribution < 1.29 is 28.4 Å². The third kappa shape index (κ3) is 28.1. The molecule has 0 aliphatic heterocycles. The van der Waals surface area contributed by atoms with E-state index >= 15 is 0 Å². The Morgan fingerprint density at radius 2 is 1.12 bits per heavy atom. The van der Waals surface area contributed by atoms with Crippen LogP contribution in [0, 0.1) is 0 Å². The summed E-state index contributed by atoms with van der Waals surface area (Å²) in [5, 5.41) is 13.6. The maximum absolute atomic E-state index is 12.5. The van der Waals surface area contributed by atoms with Crippen LogP contribution in [0.25, 0.3) is 0 Å². The molecule has 0 aromatic heterocycles. The number of nitrogens with two attached hydrogens (primary N) is 1. The molecule has 0 radical (unpaired) electrons. The number of phosphoric acid groups is 1. The zero-order chi connectivity index (χ0) is 30.4. The van der Waals surface area contributed by atoms with Crippen LogP contribution in [0.3, 0.4) is 0 Å². The second-order valence-corrected chi connectivity index (χ2v) is 13.2. The number of aliphatic hydroxyl groups excluding tert-OH is 1. The zero-order valence-corrected chi connectivity index (χ0v) is 27.7. The fraction of sp³-hybridized carbons (Fsp3) is 0.969. The van der Waals surface area contributed by atoms with Crippen LogP contribution in [-0.2, 0) is 18.4 Å². The summed E-state index contributed by atoms with van der Waals surface area (Å²) < 4.78 is 22.0. The molecule has 0 aromatic rings. The number of amides is 1. The maximum atomic E-state index is 12.5. The third-order valence-electron chi connectivity index (χ3n) is 7.71. The molecular weight excluding hydrogens is 539 g/mol. The highest BCUT2D eigenvalue weighted by Gasteiger charge is 2.27. The molecule has 0 aromatic carbocycles. The highest BCUT2D eigenvalue weighted by molar-refractivity contribution is 7.47. The van der Waals surface area contributed by atoms with Gasteiger partial charge in [0.05, 0.1) is 25.4 Å². The molecule has 9 heteroatoms. The zero-order valence-electron chi connectivity index (χ0n) is 26.8. The van der Waals surface area contributed by atoms with E-state index in [0.29, 0.717) is 12.8 Å². The van der Waals surface area contributed by atoms with Crippen LogP contribution in [0.1, 0.15) is 168 Å². The fourth-order valence-electron chi connectivity index (χ4n) is 5.08. The first-order valence-electron chi connectivity index (χ1n) is 17.2. The fourth-order valence-corrected chi connectivity index (χ4v) is 5.84. The van der Waals surface area contributed by atoms with E-state index in [9.17, 15) is 19.4 Å². The van der Waals surface area contributed by atoms with Crippen molar-refractivity contribution in [3.63, 3.8) is 0 Å². The Labute approximate surface area is 252 Å². The molecule has 5 N–H and O–H groups in total. The molecule has 0 saturated carbocycles. The first-order chi connectivity index (χ1) is 19.9. The Bertz CT molecular complexity index is 625. The minimum absolute atomic E-state index is 0.0916. The van der Waals surface area contributed by atoms with Crippen molar-refractivity contribution in [2.45, 2.75) is 180 Å². The Morgan fingerprint density at radius 3 is 1.56 bits per heavy atom. The lowest BCUT2D eigenvalue weighted by atomic mass is 10.0. The number of carbonyl (C=O) groups excluding carboxylic acids is 1. The van der Waals surface area contributed by atoms with Gasteiger partial charge in [-0.3, -0.25) is 13.8 Å². The van der Waals surface area contributed by atoms with Crippen molar-refractivity contribution in [3.8, 4) is 0 Å². The van der Waals surface area contributed by atoms with Crippen LogP contribution in [0.4, 0.5) is 0 Å². The van der Waals surface area contributed by atoms with Crippen molar-refractivity contribution in [1.29, 1.82) is 0 Å². The third-order valence-corrected chi connectivity index (χ3v) is 8.70. The van der Waals surface area contributed by atoms with E-state index < -0.39 is 20.0 Å². The Balaban J connectivity index is 4.21. The molecule has 1 unspecified atom stereocenters. The van der Waals surface area contributed by atoms with Gasteiger partial charge in [0.1, 0.15) is 0 Å². The Kier molecular flexibility index (Phi) is 29.2. The largest absolute Gasteiger partial charge is 0.472 e. The van der Waals surface area contributed by atoms with Gasteiger partial charge in [0.25, 0.3) is 0 Å². The second kappa shape index (κ2) is 29.6. The number of carbonyl (C=O) groups is 1. The highest BCUT2D eigenvalue weighted by Crippen LogP contribution is 2.43. The summed E-state index contributed by atoms with van der Waals surface area (Å²) in [5.41, 5.74) is 5.34. The van der Waals surface area contributed by atoms with Crippen LogP contribution in [0.5, 0.6) is 0 Å². The van der Waals surface area contributed by atoms with Crippen molar-refractivity contribution in [2.24, 2.45) is 5.73 Å². The molecular formula is C32H67N2O6P. The predicted octanol–water partition coefficient (Wildman–Crippen LogP) is 8.33. The van der Waals surface area contributed by atoms with Gasteiger partial charge in [-0.15, -0.1) is 0 Å². The molecule has 1 amide bonds. The molecule has 0 bridgehead atoms. The summed E-state index contributed by atoms with van der Waals surface area (Å²) in [5.74, 6) is -0.168. The quantitative estimate of drug-likeness (QED) is 0.0447. The number of hydrogen-bond donors (Lipinski definition) is 4. The normalized spacial score (nSPS) is 14.6. The van der Waals surface area contributed by atoms with Crippen LogP contribution >= 0.6 is 7.82 Å². The van der Waals surface area contributed by atoms with E-state index in [4.69, 9.17) is 14.8 Å². The molecule has 0 spiro atoms. The van der Waals surface area contributed by atoms with E-state index in [-0.39, 0.29) is 25.7 Å². The standard InChI is InChI=1S/C32H67N2O6P/c1-3-5-7-9-11-12-13-14-15-16-17-18-20-21-23-25-31(35)30(29-40-41(37,38)39-28-27-33)34-32(36)26-24-22-19-10-8-6-4-2/h30-31,35H,3-29,33H2,1-2H3,(H,34,36)(H,37,38)/t30-,31+/m0/s1. The maximum Gasteiger partial charge on any atom is 0.472 e.